The summed E-state index contributed by atoms with van der Waals surface area (Å²) in [5.74, 6) is 0.511. The molecule has 1 atom stereocenters. The van der Waals surface area contributed by atoms with Crippen LogP contribution in [-0.2, 0) is 14.3 Å². The topological polar surface area (TPSA) is 79.2 Å². The SMILES string of the molecule is N#Cc1ccc(NC(=O)COC(=O)CCCC[C@H]2CCSS2)cc1. The Bertz CT molecular complexity index is 593. The Balaban J connectivity index is 1.56. The summed E-state index contributed by atoms with van der Waals surface area (Å²) in [7, 11) is 3.87. The number of rotatable bonds is 8. The third-order valence-electron chi connectivity index (χ3n) is 3.55. The smallest absolute Gasteiger partial charge is 0.306 e. The first-order valence-corrected chi connectivity index (χ1v) is 10.3. The number of anilines is 1. The van der Waals surface area contributed by atoms with Crippen LogP contribution in [0.5, 0.6) is 0 Å². The fourth-order valence-electron chi connectivity index (χ4n) is 2.25. The fourth-order valence-corrected chi connectivity index (χ4v) is 5.28. The minimum atomic E-state index is -0.382. The first-order valence-electron chi connectivity index (χ1n) is 7.91. The molecule has 1 aliphatic heterocycles. The molecular weight excluding hydrogens is 344 g/mol. The molecule has 1 saturated heterocycles. The second-order valence-corrected chi connectivity index (χ2v) is 8.26. The average molecular weight is 364 g/mol. The van der Waals surface area contributed by atoms with E-state index in [2.05, 4.69) is 5.32 Å². The Morgan fingerprint density at radius 2 is 2.08 bits per heavy atom. The van der Waals surface area contributed by atoms with Crippen LogP contribution < -0.4 is 5.32 Å². The van der Waals surface area contributed by atoms with Crippen molar-refractivity contribution in [2.24, 2.45) is 0 Å². The van der Waals surface area contributed by atoms with Gasteiger partial charge in [-0.1, -0.05) is 28.0 Å². The molecule has 1 fully saturated rings. The number of benzene rings is 1. The minimum absolute atomic E-state index is 0.284. The molecule has 0 aliphatic carbocycles. The lowest BCUT2D eigenvalue weighted by molar-refractivity contribution is -0.147. The van der Waals surface area contributed by atoms with Gasteiger partial charge in [0.2, 0.25) is 0 Å². The Morgan fingerprint density at radius 1 is 1.29 bits per heavy atom. The first kappa shape index (κ1) is 18.7. The summed E-state index contributed by atoms with van der Waals surface area (Å²) in [6, 6.07) is 8.51. The molecule has 1 heterocycles. The second kappa shape index (κ2) is 10.3. The molecule has 0 aromatic heterocycles. The number of carbonyl (C=O) groups excluding carboxylic acids is 2. The number of ether oxygens (including phenoxy) is 1. The lowest BCUT2D eigenvalue weighted by Crippen LogP contribution is -2.20. The van der Waals surface area contributed by atoms with Gasteiger partial charge >= 0.3 is 5.97 Å². The molecule has 0 unspecified atom stereocenters. The van der Waals surface area contributed by atoms with Gasteiger partial charge in [0.1, 0.15) is 0 Å². The van der Waals surface area contributed by atoms with Gasteiger partial charge in [0.05, 0.1) is 11.6 Å². The number of hydrogen-bond acceptors (Lipinski definition) is 6. The zero-order valence-corrected chi connectivity index (χ0v) is 15.0. The van der Waals surface area contributed by atoms with Gasteiger partial charge in [0, 0.05) is 23.1 Å². The summed E-state index contributed by atoms with van der Waals surface area (Å²) >= 11 is 0. The highest BCUT2D eigenvalue weighted by Gasteiger charge is 2.16. The van der Waals surface area contributed by atoms with E-state index in [0.29, 0.717) is 17.7 Å². The van der Waals surface area contributed by atoms with Gasteiger partial charge in [-0.25, -0.2) is 0 Å². The van der Waals surface area contributed by atoms with Gasteiger partial charge < -0.3 is 10.1 Å². The Morgan fingerprint density at radius 3 is 2.75 bits per heavy atom. The van der Waals surface area contributed by atoms with Crippen molar-refractivity contribution in [3.63, 3.8) is 0 Å². The summed E-state index contributed by atoms with van der Waals surface area (Å²) in [6.07, 6.45) is 4.58. The lowest BCUT2D eigenvalue weighted by atomic mass is 10.1. The van der Waals surface area contributed by atoms with E-state index >= 15 is 0 Å². The predicted molar refractivity (Wildman–Crippen MR) is 97.7 cm³/mol. The van der Waals surface area contributed by atoms with E-state index in [9.17, 15) is 9.59 Å². The van der Waals surface area contributed by atoms with Gasteiger partial charge in [-0.15, -0.1) is 0 Å². The summed E-state index contributed by atoms with van der Waals surface area (Å²) in [5, 5.41) is 12.1. The lowest BCUT2D eigenvalue weighted by Gasteiger charge is -2.08. The maximum absolute atomic E-state index is 11.7. The molecule has 24 heavy (non-hydrogen) atoms. The third kappa shape index (κ3) is 6.85. The number of unbranched alkanes of at least 4 members (excludes halogenated alkanes) is 1. The maximum Gasteiger partial charge on any atom is 0.306 e. The normalized spacial score (nSPS) is 16.4. The van der Waals surface area contributed by atoms with Crippen molar-refractivity contribution >= 4 is 39.2 Å². The molecule has 1 aliphatic rings. The van der Waals surface area contributed by atoms with Crippen LogP contribution in [-0.4, -0.2) is 29.5 Å². The van der Waals surface area contributed by atoms with Crippen molar-refractivity contribution in [3.05, 3.63) is 29.8 Å². The number of nitrogens with one attached hydrogen (secondary N) is 1. The van der Waals surface area contributed by atoms with Gasteiger partial charge in [0.25, 0.3) is 5.91 Å². The molecule has 128 valence electrons. The molecule has 0 bridgehead atoms. The van der Waals surface area contributed by atoms with E-state index < -0.39 is 0 Å². The van der Waals surface area contributed by atoms with Crippen molar-refractivity contribution in [1.82, 2.24) is 0 Å². The molecule has 7 heteroatoms. The molecular formula is C17H20N2O3S2. The van der Waals surface area contributed by atoms with E-state index in [4.69, 9.17) is 10.00 Å². The van der Waals surface area contributed by atoms with Crippen molar-refractivity contribution < 1.29 is 14.3 Å². The zero-order chi connectivity index (χ0) is 17.2. The number of nitrogens with zero attached hydrogens (tertiary/aromatic N) is 1. The van der Waals surface area contributed by atoms with Crippen molar-refractivity contribution in [1.29, 1.82) is 5.26 Å². The minimum Gasteiger partial charge on any atom is -0.456 e. The van der Waals surface area contributed by atoms with E-state index in [1.807, 2.05) is 27.7 Å². The van der Waals surface area contributed by atoms with Crippen molar-refractivity contribution in [2.75, 3.05) is 17.7 Å². The Labute approximate surface area is 149 Å². The third-order valence-corrected chi connectivity index (χ3v) is 6.55. The molecule has 0 radical (unpaired) electrons. The summed E-state index contributed by atoms with van der Waals surface area (Å²) < 4.78 is 4.98. The van der Waals surface area contributed by atoms with Crippen LogP contribution in [0.3, 0.4) is 0 Å². The second-order valence-electron chi connectivity index (χ2n) is 5.47. The highest BCUT2D eigenvalue weighted by Crippen LogP contribution is 2.39. The number of carbonyl (C=O) groups is 2. The number of amides is 1. The number of hydrogen-bond donors (Lipinski definition) is 1. The summed E-state index contributed by atoms with van der Waals surface area (Å²) in [4.78, 5) is 23.3. The van der Waals surface area contributed by atoms with E-state index in [1.54, 1.807) is 24.3 Å². The van der Waals surface area contributed by atoms with Crippen LogP contribution in [0.25, 0.3) is 0 Å². The molecule has 1 amide bonds. The molecule has 0 saturated carbocycles. The zero-order valence-electron chi connectivity index (χ0n) is 13.3. The summed E-state index contributed by atoms with van der Waals surface area (Å²) in [6.45, 7) is -0.284. The highest BCUT2D eigenvalue weighted by molar-refractivity contribution is 8.77. The van der Waals surface area contributed by atoms with Crippen LogP contribution in [0.15, 0.2) is 24.3 Å². The van der Waals surface area contributed by atoms with Gasteiger partial charge in [-0.2, -0.15) is 5.26 Å². The molecule has 1 aromatic carbocycles. The van der Waals surface area contributed by atoms with Crippen LogP contribution in [0.2, 0.25) is 0 Å². The fraction of sp³-hybridized carbons (Fsp3) is 0.471. The Hall–Kier alpha value is -1.65. The largest absolute Gasteiger partial charge is 0.456 e. The van der Waals surface area contributed by atoms with Gasteiger partial charge in [-0.05, 0) is 43.5 Å². The van der Waals surface area contributed by atoms with E-state index in [0.717, 1.165) is 24.5 Å². The molecule has 2 rings (SSSR count). The average Bonchev–Trinajstić information content (AvgIpc) is 3.11. The molecule has 5 nitrogen and oxygen atoms in total. The molecule has 1 N–H and O–H groups in total. The monoisotopic (exact) mass is 364 g/mol. The van der Waals surface area contributed by atoms with E-state index in [1.165, 1.54) is 12.2 Å². The van der Waals surface area contributed by atoms with Crippen LogP contribution >= 0.6 is 21.6 Å². The maximum atomic E-state index is 11.7. The van der Waals surface area contributed by atoms with E-state index in [-0.39, 0.29) is 18.5 Å². The summed E-state index contributed by atoms with van der Waals surface area (Å²) in [5.41, 5.74) is 1.09. The van der Waals surface area contributed by atoms with Gasteiger partial charge in [-0.3, -0.25) is 9.59 Å². The predicted octanol–water partition coefficient (Wildman–Crippen LogP) is 3.75. The quantitative estimate of drug-likeness (QED) is 0.430. The highest BCUT2D eigenvalue weighted by atomic mass is 33.1. The standard InChI is InChI=1S/C17H20N2O3S2/c18-11-13-5-7-14(8-6-13)19-16(20)12-22-17(21)4-2-1-3-15-9-10-23-24-15/h5-8,15H,1-4,9-10,12H2,(H,19,20)/t15-/m0/s1. The Kier molecular flexibility index (Phi) is 7.99. The van der Waals surface area contributed by atoms with Crippen LogP contribution in [0.4, 0.5) is 5.69 Å². The first-order chi connectivity index (χ1) is 11.7. The molecule has 1 aromatic rings. The number of nitriles is 1. The van der Waals surface area contributed by atoms with Crippen LogP contribution in [0.1, 0.15) is 37.7 Å². The number of esters is 1. The molecule has 0 spiro atoms. The van der Waals surface area contributed by atoms with Crippen LogP contribution in [0, 0.1) is 11.3 Å². The van der Waals surface area contributed by atoms with Crippen molar-refractivity contribution in [2.45, 2.75) is 37.4 Å². The van der Waals surface area contributed by atoms with Crippen molar-refractivity contribution in [3.8, 4) is 6.07 Å². The van der Waals surface area contributed by atoms with Gasteiger partial charge in [0.15, 0.2) is 6.61 Å².